The lowest BCUT2D eigenvalue weighted by atomic mass is 10.1. The molecule has 0 aromatic heterocycles. The first-order valence-corrected chi connectivity index (χ1v) is 11.3. The standard InChI is InChI=1S/C24H23FN2O3S/c1-2-27(18-20-9-6-10-22(25)17-20)24(28)21-11-13-23(14-12-21)26-31(29,30)16-15-19-7-4-3-5-8-19/h3-17,26H,2,18H2,1H3/b16-15+. The summed E-state index contributed by atoms with van der Waals surface area (Å²) < 4.78 is 40.4. The van der Waals surface area contributed by atoms with E-state index in [0.29, 0.717) is 23.4 Å². The van der Waals surface area contributed by atoms with Crippen LogP contribution in [0.25, 0.3) is 6.08 Å². The second kappa shape index (κ2) is 10.0. The van der Waals surface area contributed by atoms with Gasteiger partial charge in [-0.25, -0.2) is 12.8 Å². The molecule has 160 valence electrons. The zero-order chi connectivity index (χ0) is 22.3. The maximum Gasteiger partial charge on any atom is 0.255 e. The van der Waals surface area contributed by atoms with Crippen LogP contribution in [-0.2, 0) is 16.6 Å². The number of benzene rings is 3. The van der Waals surface area contributed by atoms with Gasteiger partial charge in [-0.05, 0) is 60.5 Å². The van der Waals surface area contributed by atoms with Crippen molar-refractivity contribution in [2.24, 2.45) is 0 Å². The molecule has 1 amide bonds. The Hall–Kier alpha value is -3.45. The van der Waals surface area contributed by atoms with Gasteiger partial charge >= 0.3 is 0 Å². The molecule has 1 N–H and O–H groups in total. The van der Waals surface area contributed by atoms with Crippen molar-refractivity contribution in [3.63, 3.8) is 0 Å². The third-order valence-electron chi connectivity index (χ3n) is 4.56. The highest BCUT2D eigenvalue weighted by Crippen LogP contribution is 2.16. The van der Waals surface area contributed by atoms with E-state index < -0.39 is 10.0 Å². The molecule has 0 atom stereocenters. The van der Waals surface area contributed by atoms with Crippen molar-refractivity contribution in [2.75, 3.05) is 11.3 Å². The number of rotatable bonds is 8. The van der Waals surface area contributed by atoms with E-state index in [1.54, 1.807) is 41.3 Å². The summed E-state index contributed by atoms with van der Waals surface area (Å²) >= 11 is 0. The maximum absolute atomic E-state index is 13.4. The predicted molar refractivity (Wildman–Crippen MR) is 121 cm³/mol. The summed E-state index contributed by atoms with van der Waals surface area (Å²) in [6.07, 6.45) is 1.51. The van der Waals surface area contributed by atoms with E-state index >= 15 is 0 Å². The largest absolute Gasteiger partial charge is 0.335 e. The van der Waals surface area contributed by atoms with Gasteiger partial charge in [0.2, 0.25) is 0 Å². The molecule has 0 unspecified atom stereocenters. The zero-order valence-electron chi connectivity index (χ0n) is 17.0. The molecule has 0 aliphatic heterocycles. The topological polar surface area (TPSA) is 66.5 Å². The number of halogens is 1. The molecule has 7 heteroatoms. The third-order valence-corrected chi connectivity index (χ3v) is 5.58. The summed E-state index contributed by atoms with van der Waals surface area (Å²) in [5.74, 6) is -0.566. The van der Waals surface area contributed by atoms with Crippen LogP contribution in [-0.4, -0.2) is 25.8 Å². The van der Waals surface area contributed by atoms with E-state index in [1.165, 1.54) is 30.3 Å². The molecule has 0 saturated carbocycles. The number of nitrogens with zero attached hydrogens (tertiary/aromatic N) is 1. The van der Waals surface area contributed by atoms with Gasteiger partial charge in [0.25, 0.3) is 15.9 Å². The Bertz CT molecular complexity index is 1160. The van der Waals surface area contributed by atoms with Gasteiger partial charge in [0, 0.05) is 24.3 Å². The van der Waals surface area contributed by atoms with Crippen LogP contribution in [0, 0.1) is 5.82 Å². The normalized spacial score (nSPS) is 11.4. The van der Waals surface area contributed by atoms with Crippen molar-refractivity contribution in [2.45, 2.75) is 13.5 Å². The van der Waals surface area contributed by atoms with E-state index in [4.69, 9.17) is 0 Å². The van der Waals surface area contributed by atoms with Gasteiger partial charge in [-0.1, -0.05) is 42.5 Å². The minimum atomic E-state index is -3.69. The van der Waals surface area contributed by atoms with Gasteiger partial charge in [0.15, 0.2) is 0 Å². The molecule has 31 heavy (non-hydrogen) atoms. The first kappa shape index (κ1) is 22.2. The number of amides is 1. The highest BCUT2D eigenvalue weighted by Gasteiger charge is 2.15. The van der Waals surface area contributed by atoms with Gasteiger partial charge in [0.1, 0.15) is 5.82 Å². The Balaban J connectivity index is 1.67. The first-order valence-electron chi connectivity index (χ1n) is 9.76. The average Bonchev–Trinajstić information content (AvgIpc) is 2.77. The first-order chi connectivity index (χ1) is 14.9. The Morgan fingerprint density at radius 3 is 2.35 bits per heavy atom. The lowest BCUT2D eigenvalue weighted by Gasteiger charge is -2.21. The predicted octanol–water partition coefficient (Wildman–Crippen LogP) is 4.90. The number of hydrogen-bond donors (Lipinski definition) is 1. The zero-order valence-corrected chi connectivity index (χ0v) is 17.8. The van der Waals surface area contributed by atoms with Crippen molar-refractivity contribution in [1.29, 1.82) is 0 Å². The van der Waals surface area contributed by atoms with Crippen molar-refractivity contribution < 1.29 is 17.6 Å². The van der Waals surface area contributed by atoms with E-state index in [1.807, 2.05) is 25.1 Å². The lowest BCUT2D eigenvalue weighted by molar-refractivity contribution is 0.0752. The van der Waals surface area contributed by atoms with Crippen molar-refractivity contribution in [3.8, 4) is 0 Å². The molecule has 0 spiro atoms. The quantitative estimate of drug-likeness (QED) is 0.544. The van der Waals surface area contributed by atoms with Crippen LogP contribution in [0.4, 0.5) is 10.1 Å². The van der Waals surface area contributed by atoms with Crippen LogP contribution in [0.1, 0.15) is 28.4 Å². The smallest absolute Gasteiger partial charge is 0.255 e. The summed E-state index contributed by atoms with van der Waals surface area (Å²) in [6, 6.07) is 21.4. The van der Waals surface area contributed by atoms with Crippen LogP contribution >= 0.6 is 0 Å². The Kier molecular flexibility index (Phi) is 7.20. The van der Waals surface area contributed by atoms with E-state index in [0.717, 1.165) is 11.0 Å². The minimum Gasteiger partial charge on any atom is -0.335 e. The van der Waals surface area contributed by atoms with Crippen LogP contribution < -0.4 is 4.72 Å². The number of nitrogens with one attached hydrogen (secondary N) is 1. The number of carbonyl (C=O) groups excluding carboxylic acids is 1. The molecule has 0 bridgehead atoms. The Morgan fingerprint density at radius 1 is 1.00 bits per heavy atom. The summed E-state index contributed by atoms with van der Waals surface area (Å²) in [4.78, 5) is 14.4. The van der Waals surface area contributed by atoms with Crippen LogP contribution in [0.5, 0.6) is 0 Å². The highest BCUT2D eigenvalue weighted by atomic mass is 32.2. The average molecular weight is 439 g/mol. The van der Waals surface area contributed by atoms with Gasteiger partial charge in [-0.15, -0.1) is 0 Å². The summed E-state index contributed by atoms with van der Waals surface area (Å²) in [7, 11) is -3.69. The number of carbonyl (C=O) groups is 1. The molecular weight excluding hydrogens is 415 g/mol. The Morgan fingerprint density at radius 2 is 1.71 bits per heavy atom. The van der Waals surface area contributed by atoms with Crippen LogP contribution in [0.2, 0.25) is 0 Å². The van der Waals surface area contributed by atoms with Crippen LogP contribution in [0.15, 0.2) is 84.3 Å². The highest BCUT2D eigenvalue weighted by molar-refractivity contribution is 7.95. The monoisotopic (exact) mass is 438 g/mol. The molecule has 3 aromatic carbocycles. The number of anilines is 1. The second-order valence-corrected chi connectivity index (χ2v) is 8.45. The minimum absolute atomic E-state index is 0.217. The maximum atomic E-state index is 13.4. The molecule has 0 saturated heterocycles. The van der Waals surface area contributed by atoms with Crippen molar-refractivity contribution >= 4 is 27.7 Å². The molecule has 5 nitrogen and oxygen atoms in total. The van der Waals surface area contributed by atoms with Gasteiger partial charge < -0.3 is 4.90 Å². The van der Waals surface area contributed by atoms with E-state index in [9.17, 15) is 17.6 Å². The summed E-state index contributed by atoms with van der Waals surface area (Å²) in [6.45, 7) is 2.58. The SMILES string of the molecule is CCN(Cc1cccc(F)c1)C(=O)c1ccc(NS(=O)(=O)/C=C/c2ccccc2)cc1. The Labute approximate surface area is 181 Å². The molecule has 0 heterocycles. The van der Waals surface area contributed by atoms with Gasteiger partial charge in [0.05, 0.1) is 5.41 Å². The molecule has 0 fully saturated rings. The number of hydrogen-bond acceptors (Lipinski definition) is 3. The third kappa shape index (κ3) is 6.52. The van der Waals surface area contributed by atoms with E-state index in [2.05, 4.69) is 4.72 Å². The summed E-state index contributed by atoms with van der Waals surface area (Å²) in [5, 5.41) is 1.10. The fourth-order valence-corrected chi connectivity index (χ4v) is 3.85. The van der Waals surface area contributed by atoms with E-state index in [-0.39, 0.29) is 18.3 Å². The van der Waals surface area contributed by atoms with Gasteiger partial charge in [-0.3, -0.25) is 9.52 Å². The molecular formula is C24H23FN2O3S. The molecule has 0 radical (unpaired) electrons. The van der Waals surface area contributed by atoms with Crippen molar-refractivity contribution in [1.82, 2.24) is 4.90 Å². The van der Waals surface area contributed by atoms with Crippen molar-refractivity contribution in [3.05, 3.63) is 107 Å². The molecule has 3 rings (SSSR count). The number of sulfonamides is 1. The molecule has 0 aliphatic carbocycles. The fraction of sp³-hybridized carbons (Fsp3) is 0.125. The lowest BCUT2D eigenvalue weighted by Crippen LogP contribution is -2.30. The second-order valence-electron chi connectivity index (χ2n) is 6.89. The molecule has 3 aromatic rings. The van der Waals surface area contributed by atoms with Crippen LogP contribution in [0.3, 0.4) is 0 Å². The fourth-order valence-electron chi connectivity index (χ4n) is 2.98. The van der Waals surface area contributed by atoms with Gasteiger partial charge in [-0.2, -0.15) is 0 Å². The summed E-state index contributed by atoms with van der Waals surface area (Å²) in [5.41, 5.74) is 2.24. The molecule has 0 aliphatic rings.